The number of carboxylic acid groups (broad SMARTS) is 1. The number of benzene rings is 1. The molecule has 1 aromatic carbocycles. The highest BCUT2D eigenvalue weighted by molar-refractivity contribution is 6.24. The lowest BCUT2D eigenvalue weighted by atomic mass is 10.1. The number of aliphatic carboxylic acids is 1. The molecular weight excluding hydrogens is 369 g/mol. The maximum atomic E-state index is 13.3. The van der Waals surface area contributed by atoms with Crippen molar-refractivity contribution < 1.29 is 28.5 Å². The van der Waals surface area contributed by atoms with Crippen LogP contribution in [0.1, 0.15) is 6.92 Å². The van der Waals surface area contributed by atoms with Crippen molar-refractivity contribution in [1.82, 2.24) is 9.80 Å². The molecule has 28 heavy (non-hydrogen) atoms. The van der Waals surface area contributed by atoms with Crippen LogP contribution >= 0.6 is 0 Å². The highest BCUT2D eigenvalue weighted by atomic mass is 19.1. The molecule has 3 heterocycles. The van der Waals surface area contributed by atoms with Gasteiger partial charge < -0.3 is 5.11 Å². The fourth-order valence-corrected chi connectivity index (χ4v) is 3.82. The summed E-state index contributed by atoms with van der Waals surface area (Å²) in [6, 6.07) is 4.39. The van der Waals surface area contributed by atoms with Crippen LogP contribution in [0.3, 0.4) is 0 Å². The number of fused-ring (bicyclic) bond motifs is 2. The van der Waals surface area contributed by atoms with Crippen molar-refractivity contribution in [1.29, 1.82) is 0 Å². The second-order valence-electron chi connectivity index (χ2n) is 7.18. The SMILES string of the molecule is CC1CN(c2ccc(F)cc2)C2=[N+](C1)C1C(=O)N(CC(=O)O)C(=O)N(C)C1=N2. The van der Waals surface area contributed by atoms with Crippen molar-refractivity contribution in [2.75, 3.05) is 31.6 Å². The van der Waals surface area contributed by atoms with E-state index in [0.29, 0.717) is 19.0 Å². The molecule has 0 saturated carbocycles. The molecular formula is C18H19FN5O4+. The van der Waals surface area contributed by atoms with Gasteiger partial charge in [0.15, 0.2) is 0 Å². The molecule has 10 heteroatoms. The number of nitrogens with zero attached hydrogens (tertiary/aromatic N) is 5. The van der Waals surface area contributed by atoms with Gasteiger partial charge in [-0.2, -0.15) is 0 Å². The third kappa shape index (κ3) is 2.72. The third-order valence-electron chi connectivity index (χ3n) is 5.06. The van der Waals surface area contributed by atoms with Crippen LogP contribution in [0.15, 0.2) is 29.3 Å². The monoisotopic (exact) mass is 388 g/mol. The van der Waals surface area contributed by atoms with Gasteiger partial charge in [-0.25, -0.2) is 23.6 Å². The number of hydrogen-bond acceptors (Lipinski definition) is 5. The minimum atomic E-state index is -1.27. The quantitative estimate of drug-likeness (QED) is 0.757. The molecule has 9 nitrogen and oxygen atoms in total. The number of aliphatic imine (C=N–C) groups is 1. The first-order valence-electron chi connectivity index (χ1n) is 8.84. The second-order valence-corrected chi connectivity index (χ2v) is 7.18. The minimum Gasteiger partial charge on any atom is -0.480 e. The largest absolute Gasteiger partial charge is 0.480 e. The van der Waals surface area contributed by atoms with E-state index < -0.39 is 30.5 Å². The summed E-state index contributed by atoms with van der Waals surface area (Å²) < 4.78 is 15.1. The lowest BCUT2D eigenvalue weighted by molar-refractivity contribution is -0.545. The van der Waals surface area contributed by atoms with E-state index in [1.54, 1.807) is 16.7 Å². The van der Waals surface area contributed by atoms with Crippen molar-refractivity contribution >= 4 is 35.4 Å². The van der Waals surface area contributed by atoms with Gasteiger partial charge in [0.1, 0.15) is 18.0 Å². The van der Waals surface area contributed by atoms with Crippen molar-refractivity contribution in [3.63, 3.8) is 0 Å². The molecule has 0 aliphatic carbocycles. The summed E-state index contributed by atoms with van der Waals surface area (Å²) in [4.78, 5) is 44.9. The summed E-state index contributed by atoms with van der Waals surface area (Å²) in [5.41, 5.74) is 0.722. The van der Waals surface area contributed by atoms with Crippen LogP contribution in [0.5, 0.6) is 0 Å². The molecule has 3 aliphatic heterocycles. The molecule has 3 amide bonds. The van der Waals surface area contributed by atoms with Crippen LogP contribution in [0.2, 0.25) is 0 Å². The standard InChI is InChI=1S/C18H18FN5O4/c1-10-7-22(12-5-3-11(19)4-6-12)17-20-15-14(23(17)8-10)16(27)24(9-13(25)26)18(28)21(15)2/h3-6,10,14H,7-9H2,1-2H3/p+1. The summed E-state index contributed by atoms with van der Waals surface area (Å²) in [5.74, 6) is -1.30. The van der Waals surface area contributed by atoms with E-state index in [4.69, 9.17) is 5.11 Å². The number of hydrogen-bond donors (Lipinski definition) is 1. The summed E-state index contributed by atoms with van der Waals surface area (Å²) in [6.07, 6.45) is 0. The molecule has 0 bridgehead atoms. The Morgan fingerprint density at radius 2 is 2.00 bits per heavy atom. The van der Waals surface area contributed by atoms with Gasteiger partial charge in [-0.1, -0.05) is 11.9 Å². The topological polar surface area (TPSA) is 96.5 Å². The van der Waals surface area contributed by atoms with E-state index in [2.05, 4.69) is 4.99 Å². The number of likely N-dealkylation sites (N-methyl/N-ethyl adjacent to an activating group) is 1. The Balaban J connectivity index is 1.77. The highest BCUT2D eigenvalue weighted by Crippen LogP contribution is 2.28. The second kappa shape index (κ2) is 6.39. The lowest BCUT2D eigenvalue weighted by Crippen LogP contribution is -2.64. The zero-order valence-electron chi connectivity index (χ0n) is 15.4. The van der Waals surface area contributed by atoms with E-state index in [1.165, 1.54) is 24.1 Å². The van der Waals surface area contributed by atoms with Crippen molar-refractivity contribution in [2.24, 2.45) is 10.9 Å². The number of guanidine groups is 1. The van der Waals surface area contributed by atoms with Gasteiger partial charge in [-0.05, 0) is 24.3 Å². The number of rotatable bonds is 3. The Hall–Kier alpha value is -3.30. The number of imide groups is 1. The average molecular weight is 388 g/mol. The summed E-state index contributed by atoms with van der Waals surface area (Å²) in [5, 5.41) is 9.06. The first kappa shape index (κ1) is 18.1. The zero-order chi connectivity index (χ0) is 20.2. The molecule has 1 aromatic rings. The van der Waals surface area contributed by atoms with Gasteiger partial charge in [0.2, 0.25) is 11.9 Å². The van der Waals surface area contributed by atoms with Crippen molar-refractivity contribution in [3.05, 3.63) is 30.1 Å². The fraction of sp³-hybridized carbons (Fsp3) is 0.389. The third-order valence-corrected chi connectivity index (χ3v) is 5.06. The smallest absolute Gasteiger partial charge is 0.397 e. The Kier molecular flexibility index (Phi) is 4.13. The van der Waals surface area contributed by atoms with Crippen LogP contribution < -0.4 is 4.90 Å². The number of carbonyl (C=O) groups excluding carboxylic acids is 2. The van der Waals surface area contributed by atoms with Crippen LogP contribution in [0, 0.1) is 11.7 Å². The van der Waals surface area contributed by atoms with E-state index >= 15 is 0 Å². The molecule has 1 saturated heterocycles. The molecule has 2 unspecified atom stereocenters. The first-order chi connectivity index (χ1) is 13.3. The van der Waals surface area contributed by atoms with E-state index in [-0.39, 0.29) is 17.6 Å². The fourth-order valence-electron chi connectivity index (χ4n) is 3.82. The number of anilines is 1. The van der Waals surface area contributed by atoms with Crippen LogP contribution in [0.25, 0.3) is 0 Å². The Labute approximate surface area is 160 Å². The van der Waals surface area contributed by atoms with Crippen molar-refractivity contribution in [2.45, 2.75) is 13.0 Å². The maximum absolute atomic E-state index is 13.3. The van der Waals surface area contributed by atoms with Gasteiger partial charge in [-0.15, -0.1) is 0 Å². The number of carbonyl (C=O) groups is 3. The first-order valence-corrected chi connectivity index (χ1v) is 8.84. The molecule has 0 aromatic heterocycles. The predicted molar refractivity (Wildman–Crippen MR) is 96.8 cm³/mol. The maximum Gasteiger partial charge on any atom is 0.397 e. The molecule has 0 spiro atoms. The van der Waals surface area contributed by atoms with Crippen LogP contribution in [-0.2, 0) is 9.59 Å². The van der Waals surface area contributed by atoms with Crippen LogP contribution in [0.4, 0.5) is 14.9 Å². The van der Waals surface area contributed by atoms with Gasteiger partial charge >= 0.3 is 18.0 Å². The molecule has 0 radical (unpaired) electrons. The molecule has 1 fully saturated rings. The Bertz CT molecular complexity index is 942. The normalized spacial score (nSPS) is 24.4. The lowest BCUT2D eigenvalue weighted by Gasteiger charge is -2.34. The van der Waals surface area contributed by atoms with E-state index in [0.717, 1.165) is 10.6 Å². The predicted octanol–water partition coefficient (Wildman–Crippen LogP) is 0.410. The van der Waals surface area contributed by atoms with Gasteiger partial charge in [0, 0.05) is 13.0 Å². The highest BCUT2D eigenvalue weighted by Gasteiger charge is 2.55. The summed E-state index contributed by atoms with van der Waals surface area (Å²) in [7, 11) is 1.47. The van der Waals surface area contributed by atoms with E-state index in [9.17, 15) is 18.8 Å². The average Bonchev–Trinajstić information content (AvgIpc) is 3.03. The number of carboxylic acids is 1. The molecule has 146 valence electrons. The molecule has 4 rings (SSSR count). The van der Waals surface area contributed by atoms with Gasteiger partial charge in [0.05, 0.1) is 13.1 Å². The number of amidine groups is 1. The summed E-state index contributed by atoms with van der Waals surface area (Å²) >= 11 is 0. The van der Waals surface area contributed by atoms with E-state index in [1.807, 2.05) is 11.8 Å². The molecule has 2 atom stereocenters. The minimum absolute atomic E-state index is 0.159. The van der Waals surface area contributed by atoms with Gasteiger partial charge in [-0.3, -0.25) is 14.5 Å². The number of urea groups is 1. The number of amides is 3. The van der Waals surface area contributed by atoms with Gasteiger partial charge in [0.25, 0.3) is 5.91 Å². The Morgan fingerprint density at radius 1 is 1.32 bits per heavy atom. The van der Waals surface area contributed by atoms with Crippen LogP contribution in [-0.4, -0.2) is 81.9 Å². The Morgan fingerprint density at radius 3 is 2.64 bits per heavy atom. The van der Waals surface area contributed by atoms with Crippen molar-refractivity contribution in [3.8, 4) is 0 Å². The molecule has 1 N–H and O–H groups in total. The number of halogens is 1. The zero-order valence-corrected chi connectivity index (χ0v) is 15.4. The molecule has 3 aliphatic rings. The summed E-state index contributed by atoms with van der Waals surface area (Å²) in [6.45, 7) is 2.46.